The van der Waals surface area contributed by atoms with Crippen LogP contribution in [0.1, 0.15) is 25.7 Å². The van der Waals surface area contributed by atoms with Crippen molar-refractivity contribution in [1.82, 2.24) is 0 Å². The van der Waals surface area contributed by atoms with Crippen molar-refractivity contribution in [3.8, 4) is 5.75 Å². The van der Waals surface area contributed by atoms with Crippen LogP contribution in [0.5, 0.6) is 5.75 Å². The Morgan fingerprint density at radius 1 is 1.31 bits per heavy atom. The first-order valence-corrected chi connectivity index (χ1v) is 7.01. The van der Waals surface area contributed by atoms with E-state index in [0.29, 0.717) is 5.38 Å². The average molecular weight is 304 g/mol. The van der Waals surface area contributed by atoms with E-state index in [1.165, 1.54) is 12.8 Å². The number of hydrogen-bond acceptors (Lipinski definition) is 1. The quantitative estimate of drug-likeness (QED) is 0.550. The molecular weight excluding hydrogens is 287 g/mol. The van der Waals surface area contributed by atoms with Crippen LogP contribution in [0, 0.1) is 5.92 Å². The molecule has 1 aliphatic carbocycles. The number of halogens is 2. The summed E-state index contributed by atoms with van der Waals surface area (Å²) in [6.07, 6.45) is 4.76. The predicted octanol–water partition coefficient (Wildman–Crippen LogP) is 4.63. The van der Waals surface area contributed by atoms with E-state index < -0.39 is 0 Å². The Morgan fingerprint density at radius 3 is 2.62 bits per heavy atom. The van der Waals surface area contributed by atoms with Crippen molar-refractivity contribution in [3.05, 3.63) is 28.7 Å². The highest BCUT2D eigenvalue weighted by atomic mass is 79.9. The van der Waals surface area contributed by atoms with Gasteiger partial charge in [0.2, 0.25) is 0 Å². The first-order chi connectivity index (χ1) is 7.75. The second kappa shape index (κ2) is 5.92. The Hall–Kier alpha value is -0.210. The molecule has 3 heteroatoms. The lowest BCUT2D eigenvalue weighted by Gasteiger charge is -2.09. The van der Waals surface area contributed by atoms with E-state index in [4.69, 9.17) is 16.3 Å². The number of hydrogen-bond donors (Lipinski definition) is 0. The fourth-order valence-corrected chi connectivity index (χ4v) is 2.36. The molecule has 88 valence electrons. The zero-order valence-electron chi connectivity index (χ0n) is 9.16. The third-order valence-corrected chi connectivity index (χ3v) is 3.94. The normalized spacial score (nSPS) is 17.1. The molecule has 1 atom stereocenters. The van der Waals surface area contributed by atoms with Gasteiger partial charge in [-0.15, -0.1) is 11.6 Å². The smallest absolute Gasteiger partial charge is 0.119 e. The van der Waals surface area contributed by atoms with Crippen LogP contribution < -0.4 is 4.74 Å². The maximum Gasteiger partial charge on any atom is 0.119 e. The van der Waals surface area contributed by atoms with Crippen LogP contribution in [-0.2, 0) is 0 Å². The van der Waals surface area contributed by atoms with Gasteiger partial charge in [0.1, 0.15) is 5.75 Å². The Balaban J connectivity index is 1.62. The summed E-state index contributed by atoms with van der Waals surface area (Å²) in [5.41, 5.74) is 0. The average Bonchev–Trinajstić information content (AvgIpc) is 3.10. The standard InChI is InChI=1S/C13H16BrClO/c14-11-5-7-12(8-6-11)16-9-1-2-13(15)10-3-4-10/h5-8,10,13H,1-4,9H2. The molecule has 0 bridgehead atoms. The summed E-state index contributed by atoms with van der Waals surface area (Å²) in [6.45, 7) is 0.761. The maximum absolute atomic E-state index is 6.22. The van der Waals surface area contributed by atoms with Crippen molar-refractivity contribution in [2.24, 2.45) is 5.92 Å². The third kappa shape index (κ3) is 3.99. The number of rotatable bonds is 6. The molecule has 0 N–H and O–H groups in total. The summed E-state index contributed by atoms with van der Waals surface area (Å²) in [5, 5.41) is 0.369. The molecule has 0 aromatic heterocycles. The van der Waals surface area contributed by atoms with Crippen LogP contribution in [0.2, 0.25) is 0 Å². The highest BCUT2D eigenvalue weighted by molar-refractivity contribution is 9.10. The predicted molar refractivity (Wildman–Crippen MR) is 71.2 cm³/mol. The van der Waals surface area contributed by atoms with Crippen molar-refractivity contribution in [1.29, 1.82) is 0 Å². The Morgan fingerprint density at radius 2 is 2.00 bits per heavy atom. The summed E-state index contributed by atoms with van der Waals surface area (Å²) in [4.78, 5) is 0. The van der Waals surface area contributed by atoms with Crippen LogP contribution in [0.15, 0.2) is 28.7 Å². The molecule has 1 aromatic carbocycles. The molecule has 1 saturated carbocycles. The van der Waals surface area contributed by atoms with Crippen LogP contribution in [0.4, 0.5) is 0 Å². The van der Waals surface area contributed by atoms with Gasteiger partial charge < -0.3 is 4.74 Å². The fraction of sp³-hybridized carbons (Fsp3) is 0.538. The third-order valence-electron chi connectivity index (χ3n) is 2.84. The van der Waals surface area contributed by atoms with E-state index >= 15 is 0 Å². The molecule has 1 unspecified atom stereocenters. The van der Waals surface area contributed by atoms with Gasteiger partial charge in [-0.2, -0.15) is 0 Å². The molecule has 0 aliphatic heterocycles. The van der Waals surface area contributed by atoms with E-state index in [-0.39, 0.29) is 0 Å². The van der Waals surface area contributed by atoms with Crippen molar-refractivity contribution >= 4 is 27.5 Å². The van der Waals surface area contributed by atoms with Crippen LogP contribution in [0.3, 0.4) is 0 Å². The van der Waals surface area contributed by atoms with Crippen molar-refractivity contribution in [2.75, 3.05) is 6.61 Å². The summed E-state index contributed by atoms with van der Waals surface area (Å²) in [6, 6.07) is 7.93. The second-order valence-electron chi connectivity index (χ2n) is 4.30. The van der Waals surface area contributed by atoms with Gasteiger partial charge in [0.25, 0.3) is 0 Å². The SMILES string of the molecule is ClC(CCCOc1ccc(Br)cc1)C1CC1. The van der Waals surface area contributed by atoms with E-state index in [1.54, 1.807) is 0 Å². The highest BCUT2D eigenvalue weighted by Gasteiger charge is 2.28. The molecule has 1 aromatic rings. The highest BCUT2D eigenvalue weighted by Crippen LogP contribution is 2.37. The fourth-order valence-electron chi connectivity index (χ4n) is 1.69. The number of benzene rings is 1. The van der Waals surface area contributed by atoms with E-state index in [9.17, 15) is 0 Å². The topological polar surface area (TPSA) is 9.23 Å². The first-order valence-electron chi connectivity index (χ1n) is 5.78. The molecule has 0 saturated heterocycles. The van der Waals surface area contributed by atoms with Gasteiger partial charge >= 0.3 is 0 Å². The zero-order chi connectivity index (χ0) is 11.4. The lowest BCUT2D eigenvalue weighted by molar-refractivity contribution is 0.304. The van der Waals surface area contributed by atoms with Gasteiger partial charge in [-0.1, -0.05) is 15.9 Å². The van der Waals surface area contributed by atoms with E-state index in [0.717, 1.165) is 35.6 Å². The second-order valence-corrected chi connectivity index (χ2v) is 5.77. The van der Waals surface area contributed by atoms with E-state index in [2.05, 4.69) is 15.9 Å². The largest absolute Gasteiger partial charge is 0.494 e. The monoisotopic (exact) mass is 302 g/mol. The Bertz CT molecular complexity index is 321. The van der Waals surface area contributed by atoms with Gasteiger partial charge in [0.05, 0.1) is 6.61 Å². The molecule has 0 heterocycles. The molecule has 0 spiro atoms. The summed E-state index contributed by atoms with van der Waals surface area (Å²) in [7, 11) is 0. The van der Waals surface area contributed by atoms with Gasteiger partial charge in [0.15, 0.2) is 0 Å². The maximum atomic E-state index is 6.22. The molecule has 0 radical (unpaired) electrons. The molecule has 1 aliphatic rings. The van der Waals surface area contributed by atoms with Gasteiger partial charge in [-0.05, 0) is 55.9 Å². The van der Waals surface area contributed by atoms with Crippen molar-refractivity contribution < 1.29 is 4.74 Å². The Kier molecular flexibility index (Phi) is 4.54. The zero-order valence-corrected chi connectivity index (χ0v) is 11.5. The lowest BCUT2D eigenvalue weighted by atomic mass is 10.2. The molecule has 1 nitrogen and oxygen atoms in total. The Labute approximate surface area is 110 Å². The minimum atomic E-state index is 0.369. The number of ether oxygens (including phenoxy) is 1. The molecule has 1 fully saturated rings. The summed E-state index contributed by atoms with van der Waals surface area (Å²) >= 11 is 9.62. The van der Waals surface area contributed by atoms with Crippen LogP contribution in [-0.4, -0.2) is 12.0 Å². The molecule has 0 amide bonds. The minimum absolute atomic E-state index is 0.369. The van der Waals surface area contributed by atoms with Gasteiger partial charge in [-0.25, -0.2) is 0 Å². The van der Waals surface area contributed by atoms with Crippen molar-refractivity contribution in [3.63, 3.8) is 0 Å². The number of alkyl halides is 1. The molecular formula is C13H16BrClO. The van der Waals surface area contributed by atoms with Crippen LogP contribution >= 0.6 is 27.5 Å². The van der Waals surface area contributed by atoms with Crippen molar-refractivity contribution in [2.45, 2.75) is 31.1 Å². The first kappa shape index (κ1) is 12.3. The molecule has 2 rings (SSSR count). The van der Waals surface area contributed by atoms with E-state index in [1.807, 2.05) is 24.3 Å². The van der Waals surface area contributed by atoms with Gasteiger partial charge in [-0.3, -0.25) is 0 Å². The minimum Gasteiger partial charge on any atom is -0.494 e. The summed E-state index contributed by atoms with van der Waals surface area (Å²) < 4.78 is 6.71. The lowest BCUT2D eigenvalue weighted by Crippen LogP contribution is -2.05. The van der Waals surface area contributed by atoms with Gasteiger partial charge in [0, 0.05) is 9.85 Å². The summed E-state index contributed by atoms with van der Waals surface area (Å²) in [5.74, 6) is 1.72. The van der Waals surface area contributed by atoms with Crippen LogP contribution in [0.25, 0.3) is 0 Å². The molecule has 16 heavy (non-hydrogen) atoms.